The van der Waals surface area contributed by atoms with Gasteiger partial charge in [-0.05, 0) is 59.7 Å². The molecule has 1 aliphatic carbocycles. The zero-order valence-corrected chi connectivity index (χ0v) is 18.2. The van der Waals surface area contributed by atoms with Crippen LogP contribution in [0.1, 0.15) is 35.2 Å². The molecule has 2 aromatic heterocycles. The molecule has 3 unspecified atom stereocenters. The molecule has 2 saturated heterocycles. The summed E-state index contributed by atoms with van der Waals surface area (Å²) in [7, 11) is 0. The second-order valence-electron chi connectivity index (χ2n) is 7.99. The molecular weight excluding hydrogens is 446 g/mol. The normalized spacial score (nSPS) is 22.9. The molecule has 1 saturated carbocycles. The highest BCUT2D eigenvalue weighted by Gasteiger charge is 2.43. The van der Waals surface area contributed by atoms with Crippen LogP contribution in [0.2, 0.25) is 0 Å². The number of rotatable bonds is 4. The van der Waals surface area contributed by atoms with Gasteiger partial charge in [0.05, 0.1) is 29.7 Å². The number of hydrogen-bond acceptors (Lipinski definition) is 6. The fourth-order valence-corrected chi connectivity index (χ4v) is 4.95. The lowest BCUT2D eigenvalue weighted by Crippen LogP contribution is -2.58. The minimum Gasteiger partial charge on any atom is -0.444 e. The molecule has 3 aromatic rings. The molecule has 2 aliphatic heterocycles. The van der Waals surface area contributed by atoms with Crippen molar-refractivity contribution in [2.45, 2.75) is 38.3 Å². The van der Waals surface area contributed by atoms with Gasteiger partial charge in [0, 0.05) is 18.6 Å². The molecule has 1 aromatic carbocycles. The maximum Gasteiger partial charge on any atom is 0.254 e. The Bertz CT molecular complexity index is 1050. The second-order valence-corrected chi connectivity index (χ2v) is 8.81. The molecular formula is C22H22BrN5O2. The minimum atomic E-state index is 0.0588. The largest absolute Gasteiger partial charge is 0.444 e. The van der Waals surface area contributed by atoms with Gasteiger partial charge in [-0.2, -0.15) is 0 Å². The van der Waals surface area contributed by atoms with E-state index in [1.807, 2.05) is 30.0 Å². The second kappa shape index (κ2) is 7.83. The Morgan fingerprint density at radius 2 is 2.13 bits per heavy atom. The van der Waals surface area contributed by atoms with Crippen LogP contribution >= 0.6 is 15.9 Å². The van der Waals surface area contributed by atoms with Gasteiger partial charge in [0.15, 0.2) is 0 Å². The van der Waals surface area contributed by atoms with Crippen LogP contribution in [-0.4, -0.2) is 44.4 Å². The summed E-state index contributed by atoms with van der Waals surface area (Å²) in [5.41, 5.74) is 2.43. The van der Waals surface area contributed by atoms with E-state index in [0.717, 1.165) is 47.4 Å². The van der Waals surface area contributed by atoms with Crippen molar-refractivity contribution in [3.8, 4) is 11.5 Å². The molecule has 1 N–H and O–H groups in total. The number of aryl methyl sites for hydroxylation is 1. The predicted octanol–water partition coefficient (Wildman–Crippen LogP) is 4.31. The molecule has 3 atom stereocenters. The lowest BCUT2D eigenvalue weighted by molar-refractivity contribution is 0.0290. The van der Waals surface area contributed by atoms with Gasteiger partial charge in [-0.1, -0.05) is 12.1 Å². The summed E-state index contributed by atoms with van der Waals surface area (Å²) in [6, 6.07) is 6.30. The summed E-state index contributed by atoms with van der Waals surface area (Å²) in [6.45, 7) is 2.72. The third-order valence-corrected chi connectivity index (χ3v) is 6.61. The van der Waals surface area contributed by atoms with Gasteiger partial charge in [-0.3, -0.25) is 4.79 Å². The van der Waals surface area contributed by atoms with Crippen LogP contribution in [0.3, 0.4) is 0 Å². The Labute approximate surface area is 183 Å². The van der Waals surface area contributed by atoms with E-state index < -0.39 is 0 Å². The number of nitrogens with one attached hydrogen (secondary N) is 1. The number of halogens is 1. The first-order valence-corrected chi connectivity index (χ1v) is 10.9. The van der Waals surface area contributed by atoms with E-state index in [9.17, 15) is 4.79 Å². The maximum atomic E-state index is 13.6. The maximum absolute atomic E-state index is 13.6. The van der Waals surface area contributed by atoms with Crippen LogP contribution in [0.15, 0.2) is 52.1 Å². The predicted molar refractivity (Wildman–Crippen MR) is 116 cm³/mol. The molecule has 1 amide bonds. The first-order valence-electron chi connectivity index (χ1n) is 10.1. The molecule has 4 heterocycles. The Morgan fingerprint density at radius 3 is 2.83 bits per heavy atom. The number of carbonyl (C=O) groups excluding carboxylic acids is 1. The Hall–Kier alpha value is -2.74. The zero-order chi connectivity index (χ0) is 20.7. The summed E-state index contributed by atoms with van der Waals surface area (Å²) < 4.78 is 6.24. The van der Waals surface area contributed by atoms with Crippen LogP contribution in [0.25, 0.3) is 11.5 Å². The number of hydrogen-bond donors (Lipinski definition) is 1. The highest BCUT2D eigenvalue weighted by molar-refractivity contribution is 9.10. The van der Waals surface area contributed by atoms with Crippen molar-refractivity contribution in [3.63, 3.8) is 0 Å². The number of carbonyl (C=O) groups is 1. The van der Waals surface area contributed by atoms with Gasteiger partial charge in [0.1, 0.15) is 16.7 Å². The number of anilines is 1. The average Bonchev–Trinajstić information content (AvgIpc) is 3.29. The van der Waals surface area contributed by atoms with Gasteiger partial charge in [0.25, 0.3) is 5.91 Å². The van der Waals surface area contributed by atoms with E-state index in [4.69, 9.17) is 4.42 Å². The molecule has 6 rings (SSSR count). The van der Waals surface area contributed by atoms with Crippen molar-refractivity contribution >= 4 is 27.7 Å². The first-order chi connectivity index (χ1) is 14.6. The molecule has 0 spiro atoms. The smallest absolute Gasteiger partial charge is 0.254 e. The fraction of sp³-hybridized carbons (Fsp3) is 0.364. The molecule has 3 fully saturated rings. The van der Waals surface area contributed by atoms with E-state index in [2.05, 4.69) is 36.2 Å². The van der Waals surface area contributed by atoms with Gasteiger partial charge in [-0.25, -0.2) is 15.0 Å². The zero-order valence-electron chi connectivity index (χ0n) is 16.6. The first kappa shape index (κ1) is 19.2. The fourth-order valence-electron chi connectivity index (χ4n) is 4.75. The van der Waals surface area contributed by atoms with Gasteiger partial charge in [0.2, 0.25) is 5.89 Å². The molecule has 7 nitrogen and oxygen atoms in total. The Balaban J connectivity index is 1.37. The molecule has 3 aliphatic rings. The molecule has 2 bridgehead atoms. The Morgan fingerprint density at radius 1 is 1.23 bits per heavy atom. The molecule has 154 valence electrons. The number of aromatic nitrogens is 3. The highest BCUT2D eigenvalue weighted by atomic mass is 79.9. The van der Waals surface area contributed by atoms with Crippen molar-refractivity contribution in [3.05, 3.63) is 58.8 Å². The van der Waals surface area contributed by atoms with E-state index in [1.54, 1.807) is 24.9 Å². The summed E-state index contributed by atoms with van der Waals surface area (Å²) in [5.74, 6) is 1.72. The summed E-state index contributed by atoms with van der Waals surface area (Å²) in [4.78, 5) is 28.5. The number of nitrogens with zero attached hydrogens (tertiary/aromatic N) is 4. The van der Waals surface area contributed by atoms with Crippen LogP contribution in [-0.2, 0) is 0 Å². The standard InChI is InChI=1S/C22H22BrN5O2/c1-13-3-2-4-16(20(13)21-24-7-8-30-21)22(29)28-12-14-5-6-15(28)9-17(14)27-19-11-25-18(23)10-26-19/h2-4,7-8,10-11,14-15,17H,5-6,9,12H2,1H3,(H,26,27). The van der Waals surface area contributed by atoms with Crippen molar-refractivity contribution < 1.29 is 9.21 Å². The van der Waals surface area contributed by atoms with Gasteiger partial charge >= 0.3 is 0 Å². The van der Waals surface area contributed by atoms with E-state index in [1.165, 1.54) is 0 Å². The lowest BCUT2D eigenvalue weighted by Gasteiger charge is -2.49. The third kappa shape index (κ3) is 3.49. The monoisotopic (exact) mass is 467 g/mol. The van der Waals surface area contributed by atoms with Crippen molar-refractivity contribution in [2.75, 3.05) is 11.9 Å². The van der Waals surface area contributed by atoms with Crippen LogP contribution in [0, 0.1) is 12.8 Å². The Kier molecular flexibility index (Phi) is 5.02. The lowest BCUT2D eigenvalue weighted by atomic mass is 9.75. The number of piperidine rings is 2. The van der Waals surface area contributed by atoms with Gasteiger partial charge < -0.3 is 14.6 Å². The van der Waals surface area contributed by atoms with E-state index in [-0.39, 0.29) is 11.9 Å². The number of fused-ring (bicyclic) bond motifs is 3. The highest BCUT2D eigenvalue weighted by Crippen LogP contribution is 2.38. The SMILES string of the molecule is Cc1cccc(C(=O)N2CC3CCC2CC3Nc2cnc(Br)cn2)c1-c1ncco1. The molecule has 8 heteroatoms. The van der Waals surface area contributed by atoms with Crippen LogP contribution < -0.4 is 5.32 Å². The minimum absolute atomic E-state index is 0.0588. The third-order valence-electron chi connectivity index (χ3n) is 6.20. The van der Waals surface area contributed by atoms with Crippen molar-refractivity contribution in [1.82, 2.24) is 19.9 Å². The molecule has 30 heavy (non-hydrogen) atoms. The van der Waals surface area contributed by atoms with Crippen LogP contribution in [0.5, 0.6) is 0 Å². The average molecular weight is 468 g/mol. The van der Waals surface area contributed by atoms with E-state index in [0.29, 0.717) is 23.4 Å². The van der Waals surface area contributed by atoms with Crippen molar-refractivity contribution in [1.29, 1.82) is 0 Å². The quantitative estimate of drug-likeness (QED) is 0.615. The number of oxazole rings is 1. The van der Waals surface area contributed by atoms with Crippen LogP contribution in [0.4, 0.5) is 5.82 Å². The van der Waals surface area contributed by atoms with Gasteiger partial charge in [-0.15, -0.1) is 0 Å². The topological polar surface area (TPSA) is 84.2 Å². The van der Waals surface area contributed by atoms with Crippen molar-refractivity contribution in [2.24, 2.45) is 5.92 Å². The summed E-state index contributed by atoms with van der Waals surface area (Å²) >= 11 is 3.32. The summed E-state index contributed by atoms with van der Waals surface area (Å²) in [5, 5.41) is 3.52. The molecule has 0 radical (unpaired) electrons. The number of benzene rings is 1. The summed E-state index contributed by atoms with van der Waals surface area (Å²) in [6.07, 6.45) is 9.64. The van der Waals surface area contributed by atoms with E-state index >= 15 is 0 Å². The number of amides is 1.